The van der Waals surface area contributed by atoms with Crippen molar-refractivity contribution in [2.45, 2.75) is 51.4 Å². The zero-order valence-corrected chi connectivity index (χ0v) is 24.7. The molecule has 0 saturated heterocycles. The van der Waals surface area contributed by atoms with Crippen LogP contribution in [0.3, 0.4) is 0 Å². The van der Waals surface area contributed by atoms with E-state index in [1.807, 2.05) is 18.2 Å². The van der Waals surface area contributed by atoms with Crippen LogP contribution in [0.4, 0.5) is 5.69 Å². The second-order valence-corrected chi connectivity index (χ2v) is 13.9. The number of aromatic nitrogens is 1. The van der Waals surface area contributed by atoms with E-state index in [2.05, 4.69) is 87.2 Å². The Morgan fingerprint density at radius 2 is 1.56 bits per heavy atom. The Bertz CT molecular complexity index is 2080. The standard InChI is InChI=1S/C36H32N2O2S/c1-35(2)16-18-38-19-17-36(3,4)29-30(38)25(35)20-24-27(22-11-6-5-7-12-22)28(34(39)40-31(24)29)33-37-26-15-14-21-10-8-9-13-23(21)32(26)41-33/h5-15,20H,16-19H2,1-4H3. The van der Waals surface area contributed by atoms with Crippen molar-refractivity contribution in [3.63, 3.8) is 0 Å². The molecule has 0 aliphatic carbocycles. The van der Waals surface area contributed by atoms with Gasteiger partial charge in [-0.25, -0.2) is 9.78 Å². The highest BCUT2D eigenvalue weighted by molar-refractivity contribution is 7.22. The summed E-state index contributed by atoms with van der Waals surface area (Å²) in [5, 5.41) is 4.04. The number of hydrogen-bond acceptors (Lipinski definition) is 5. The van der Waals surface area contributed by atoms with E-state index in [-0.39, 0.29) is 16.5 Å². The topological polar surface area (TPSA) is 46.3 Å². The molecule has 204 valence electrons. The highest BCUT2D eigenvalue weighted by Gasteiger charge is 2.42. The lowest BCUT2D eigenvalue weighted by Gasteiger charge is -2.48. The second kappa shape index (κ2) is 8.53. The van der Waals surface area contributed by atoms with Crippen LogP contribution in [0, 0.1) is 0 Å². The monoisotopic (exact) mass is 556 g/mol. The molecule has 0 amide bonds. The third-order valence-corrected chi connectivity index (χ3v) is 10.6. The maximum absolute atomic E-state index is 14.2. The fourth-order valence-corrected chi connectivity index (χ4v) is 8.22. The Kier molecular flexibility index (Phi) is 5.16. The fourth-order valence-electron chi connectivity index (χ4n) is 7.09. The van der Waals surface area contributed by atoms with E-state index < -0.39 is 0 Å². The van der Waals surface area contributed by atoms with Crippen molar-refractivity contribution >= 4 is 49.0 Å². The molecule has 4 aromatic carbocycles. The van der Waals surface area contributed by atoms with Gasteiger partial charge in [-0.3, -0.25) is 0 Å². The second-order valence-electron chi connectivity index (χ2n) is 12.9. The quantitative estimate of drug-likeness (QED) is 0.200. The van der Waals surface area contributed by atoms with Crippen molar-refractivity contribution in [3.05, 3.63) is 94.3 Å². The molecule has 0 spiro atoms. The molecule has 0 fully saturated rings. The van der Waals surface area contributed by atoms with E-state index >= 15 is 0 Å². The molecule has 2 aromatic heterocycles. The lowest BCUT2D eigenvalue weighted by molar-refractivity contribution is 0.399. The van der Waals surface area contributed by atoms with E-state index in [0.29, 0.717) is 10.6 Å². The van der Waals surface area contributed by atoms with Crippen LogP contribution in [-0.2, 0) is 10.8 Å². The van der Waals surface area contributed by atoms with Crippen LogP contribution in [-0.4, -0.2) is 18.1 Å². The smallest absolute Gasteiger partial charge is 0.347 e. The minimum Gasteiger partial charge on any atom is -0.422 e. The Balaban J connectivity index is 1.53. The third-order valence-electron chi connectivity index (χ3n) is 9.46. The summed E-state index contributed by atoms with van der Waals surface area (Å²) in [6, 6.07) is 25.2. The van der Waals surface area contributed by atoms with Crippen molar-refractivity contribution in [1.82, 2.24) is 4.98 Å². The summed E-state index contributed by atoms with van der Waals surface area (Å²) in [4.78, 5) is 21.8. The van der Waals surface area contributed by atoms with Gasteiger partial charge in [0, 0.05) is 40.7 Å². The largest absolute Gasteiger partial charge is 0.422 e. The fraction of sp³-hybridized carbons (Fsp3) is 0.278. The number of nitrogens with zero attached hydrogens (tertiary/aromatic N) is 2. The molecule has 0 bridgehead atoms. The molecule has 0 N–H and O–H groups in total. The Hall–Kier alpha value is -3.96. The molecular weight excluding hydrogens is 524 g/mol. The third kappa shape index (κ3) is 3.58. The van der Waals surface area contributed by atoms with Crippen LogP contribution in [0.15, 0.2) is 82.0 Å². The van der Waals surface area contributed by atoms with Gasteiger partial charge in [-0.1, -0.05) is 88.4 Å². The van der Waals surface area contributed by atoms with E-state index in [1.165, 1.54) is 22.2 Å². The zero-order valence-electron chi connectivity index (χ0n) is 23.9. The van der Waals surface area contributed by atoms with Crippen molar-refractivity contribution < 1.29 is 4.42 Å². The van der Waals surface area contributed by atoms with Crippen LogP contribution in [0.5, 0.6) is 0 Å². The number of hydrogen-bond donors (Lipinski definition) is 0. The van der Waals surface area contributed by atoms with Gasteiger partial charge in [-0.15, -0.1) is 11.3 Å². The predicted molar refractivity (Wildman–Crippen MR) is 172 cm³/mol. The summed E-state index contributed by atoms with van der Waals surface area (Å²) >= 11 is 1.58. The van der Waals surface area contributed by atoms with Gasteiger partial charge in [-0.05, 0) is 52.3 Å². The van der Waals surface area contributed by atoms with Gasteiger partial charge in [0.2, 0.25) is 0 Å². The summed E-state index contributed by atoms with van der Waals surface area (Å²) in [5.41, 5.74) is 7.52. The van der Waals surface area contributed by atoms with Crippen LogP contribution < -0.4 is 10.5 Å². The van der Waals surface area contributed by atoms with Gasteiger partial charge in [0.1, 0.15) is 16.2 Å². The highest BCUT2D eigenvalue weighted by Crippen LogP contribution is 2.53. The number of benzene rings is 4. The Morgan fingerprint density at radius 3 is 2.37 bits per heavy atom. The van der Waals surface area contributed by atoms with E-state index in [9.17, 15) is 4.79 Å². The highest BCUT2D eigenvalue weighted by atomic mass is 32.1. The van der Waals surface area contributed by atoms with Gasteiger partial charge in [0.05, 0.1) is 10.2 Å². The van der Waals surface area contributed by atoms with E-state index in [0.717, 1.165) is 63.6 Å². The molecule has 6 aromatic rings. The normalized spacial score (nSPS) is 17.3. The summed E-state index contributed by atoms with van der Waals surface area (Å²) in [5.74, 6) is 0. The SMILES string of the molecule is CC1(C)CCN2CCC(C)(C)c3c2c1cc1c(-c2ccccc2)c(-c2nc4ccc5ccccc5c4s2)c(=O)oc31. The molecule has 0 radical (unpaired) electrons. The molecule has 0 atom stereocenters. The minimum absolute atomic E-state index is 0.0151. The van der Waals surface area contributed by atoms with Crippen molar-refractivity contribution in [2.75, 3.05) is 18.0 Å². The first-order valence-electron chi connectivity index (χ1n) is 14.5. The number of thiazole rings is 1. The molecule has 5 heteroatoms. The zero-order chi connectivity index (χ0) is 28.1. The van der Waals surface area contributed by atoms with E-state index in [1.54, 1.807) is 11.3 Å². The average molecular weight is 557 g/mol. The first-order valence-corrected chi connectivity index (χ1v) is 15.3. The van der Waals surface area contributed by atoms with Crippen molar-refractivity contribution in [2.24, 2.45) is 0 Å². The van der Waals surface area contributed by atoms with Gasteiger partial charge in [-0.2, -0.15) is 0 Å². The van der Waals surface area contributed by atoms with Crippen molar-refractivity contribution in [1.29, 1.82) is 0 Å². The number of anilines is 1. The lowest BCUT2D eigenvalue weighted by atomic mass is 9.68. The van der Waals surface area contributed by atoms with Crippen LogP contribution in [0.1, 0.15) is 51.7 Å². The predicted octanol–water partition coefficient (Wildman–Crippen LogP) is 9.06. The molecule has 2 aliphatic rings. The Morgan fingerprint density at radius 1 is 0.829 bits per heavy atom. The summed E-state index contributed by atoms with van der Waals surface area (Å²) in [6.07, 6.45) is 2.12. The number of fused-ring (bicyclic) bond motifs is 5. The molecule has 41 heavy (non-hydrogen) atoms. The first kappa shape index (κ1) is 24.8. The van der Waals surface area contributed by atoms with Gasteiger partial charge >= 0.3 is 5.63 Å². The molecule has 2 aliphatic heterocycles. The minimum atomic E-state index is -0.320. The van der Waals surface area contributed by atoms with Crippen LogP contribution >= 0.6 is 11.3 Å². The molecule has 0 saturated carbocycles. The summed E-state index contributed by atoms with van der Waals surface area (Å²) < 4.78 is 7.54. The first-order chi connectivity index (χ1) is 19.7. The Labute approximate surface area is 243 Å². The molecule has 0 unspecified atom stereocenters. The van der Waals surface area contributed by atoms with Gasteiger partial charge < -0.3 is 9.32 Å². The average Bonchev–Trinajstić information content (AvgIpc) is 3.40. The number of rotatable bonds is 2. The summed E-state index contributed by atoms with van der Waals surface area (Å²) in [6.45, 7) is 11.4. The molecular formula is C36H32N2O2S. The maximum atomic E-state index is 14.2. The van der Waals surface area contributed by atoms with Gasteiger partial charge in [0.15, 0.2) is 0 Å². The van der Waals surface area contributed by atoms with Gasteiger partial charge in [0.25, 0.3) is 0 Å². The van der Waals surface area contributed by atoms with E-state index in [4.69, 9.17) is 9.40 Å². The molecule has 4 nitrogen and oxygen atoms in total. The maximum Gasteiger partial charge on any atom is 0.347 e. The molecule has 4 heterocycles. The van der Waals surface area contributed by atoms with Crippen LogP contribution in [0.25, 0.3) is 53.7 Å². The van der Waals surface area contributed by atoms with Crippen LogP contribution in [0.2, 0.25) is 0 Å². The van der Waals surface area contributed by atoms with Crippen molar-refractivity contribution in [3.8, 4) is 21.7 Å². The lowest BCUT2D eigenvalue weighted by Crippen LogP contribution is -2.44. The molecule has 8 rings (SSSR count). The summed E-state index contributed by atoms with van der Waals surface area (Å²) in [7, 11) is 0.